The monoisotopic (exact) mass is 330 g/mol. The normalized spacial score (nSPS) is 12.4. The van der Waals surface area contributed by atoms with E-state index in [0.29, 0.717) is 16.5 Å². The van der Waals surface area contributed by atoms with Crippen LogP contribution in [0, 0.1) is 0 Å². The quantitative estimate of drug-likeness (QED) is 0.937. The Labute approximate surface area is 118 Å². The zero-order chi connectivity index (χ0) is 13.1. The van der Waals surface area contributed by atoms with E-state index in [1.54, 1.807) is 42.2 Å². The van der Waals surface area contributed by atoms with Gasteiger partial charge in [0.2, 0.25) is 0 Å². The summed E-state index contributed by atoms with van der Waals surface area (Å²) in [7, 11) is 1.77. The van der Waals surface area contributed by atoms with E-state index in [0.717, 1.165) is 4.47 Å². The highest BCUT2D eigenvalue weighted by Gasteiger charge is 2.16. The van der Waals surface area contributed by atoms with Gasteiger partial charge in [0.25, 0.3) is 0 Å². The lowest BCUT2D eigenvalue weighted by molar-refractivity contribution is 0.101. The molecule has 1 unspecified atom stereocenters. The van der Waals surface area contributed by atoms with Crippen molar-refractivity contribution in [2.45, 2.75) is 6.10 Å². The summed E-state index contributed by atoms with van der Waals surface area (Å²) in [4.78, 5) is 0. The highest BCUT2D eigenvalue weighted by Crippen LogP contribution is 2.23. The molecule has 18 heavy (non-hydrogen) atoms. The summed E-state index contributed by atoms with van der Waals surface area (Å²) >= 11 is 9.11. The third kappa shape index (κ3) is 3.04. The molecule has 96 valence electrons. The van der Waals surface area contributed by atoms with E-state index >= 15 is 0 Å². The highest BCUT2D eigenvalue weighted by atomic mass is 79.9. The highest BCUT2D eigenvalue weighted by molar-refractivity contribution is 9.10. The van der Waals surface area contributed by atoms with Gasteiger partial charge in [0.15, 0.2) is 0 Å². The molecule has 2 aromatic rings. The molecule has 0 aliphatic heterocycles. The van der Waals surface area contributed by atoms with Crippen LogP contribution in [0.15, 0.2) is 34.9 Å². The number of aromatic nitrogens is 2. The number of nitrogens with zero attached hydrogens (tertiary/aromatic N) is 2. The van der Waals surface area contributed by atoms with Crippen LogP contribution in [-0.4, -0.2) is 21.5 Å². The van der Waals surface area contributed by atoms with Crippen LogP contribution in [0.25, 0.3) is 0 Å². The largest absolute Gasteiger partial charge is 0.490 e. The van der Waals surface area contributed by atoms with Gasteiger partial charge in [-0.05, 0) is 40.2 Å². The molecule has 0 fully saturated rings. The lowest BCUT2D eigenvalue weighted by Gasteiger charge is -2.13. The van der Waals surface area contributed by atoms with Crippen LogP contribution in [-0.2, 0) is 7.05 Å². The first-order valence-electron chi connectivity index (χ1n) is 5.31. The Hall–Kier alpha value is -1.04. The number of rotatable bonds is 4. The minimum Gasteiger partial charge on any atom is -0.490 e. The van der Waals surface area contributed by atoms with E-state index in [4.69, 9.17) is 16.3 Å². The molecule has 0 saturated heterocycles. The molecule has 1 N–H and O–H groups in total. The Morgan fingerprint density at radius 1 is 1.44 bits per heavy atom. The van der Waals surface area contributed by atoms with Crippen LogP contribution in [0.4, 0.5) is 0 Å². The molecule has 0 amide bonds. The average molecular weight is 332 g/mol. The van der Waals surface area contributed by atoms with Crippen molar-refractivity contribution >= 4 is 27.5 Å². The maximum atomic E-state index is 10.0. The zero-order valence-corrected chi connectivity index (χ0v) is 12.0. The molecule has 0 bridgehead atoms. The van der Waals surface area contributed by atoms with Crippen LogP contribution < -0.4 is 4.74 Å². The van der Waals surface area contributed by atoms with Crippen molar-refractivity contribution in [2.24, 2.45) is 7.05 Å². The number of hydrogen-bond acceptors (Lipinski definition) is 3. The Bertz CT molecular complexity index is 508. The number of hydrogen-bond donors (Lipinski definition) is 1. The van der Waals surface area contributed by atoms with Crippen molar-refractivity contribution in [2.75, 3.05) is 6.61 Å². The third-order valence-corrected chi connectivity index (χ3v) is 3.34. The molecule has 0 aliphatic rings. The molecule has 4 nitrogen and oxygen atoms in total. The molecular weight excluding hydrogens is 320 g/mol. The van der Waals surface area contributed by atoms with Crippen LogP contribution in [0.1, 0.15) is 11.8 Å². The number of halogens is 2. The number of aliphatic hydroxyl groups is 1. The summed E-state index contributed by atoms with van der Waals surface area (Å²) in [5.41, 5.74) is 0.684. The SMILES string of the molecule is Cn1ncc(Br)c1C(O)COc1ccc(Cl)cc1. The smallest absolute Gasteiger partial charge is 0.131 e. The van der Waals surface area contributed by atoms with Gasteiger partial charge in [-0.15, -0.1) is 0 Å². The number of aryl methyl sites for hydroxylation is 1. The van der Waals surface area contributed by atoms with E-state index in [1.165, 1.54) is 0 Å². The maximum Gasteiger partial charge on any atom is 0.131 e. The van der Waals surface area contributed by atoms with Crippen molar-refractivity contribution in [3.05, 3.63) is 45.7 Å². The van der Waals surface area contributed by atoms with Crippen molar-refractivity contribution in [3.63, 3.8) is 0 Å². The summed E-state index contributed by atoms with van der Waals surface area (Å²) in [5, 5.41) is 14.7. The summed E-state index contributed by atoms with van der Waals surface area (Å²) in [6.45, 7) is 0.153. The molecule has 1 atom stereocenters. The van der Waals surface area contributed by atoms with Gasteiger partial charge in [0.1, 0.15) is 18.5 Å². The van der Waals surface area contributed by atoms with Crippen LogP contribution in [0.2, 0.25) is 5.02 Å². The van der Waals surface area contributed by atoms with Gasteiger partial charge in [-0.2, -0.15) is 5.10 Å². The lowest BCUT2D eigenvalue weighted by Crippen LogP contribution is -2.14. The average Bonchev–Trinajstić information content (AvgIpc) is 2.68. The predicted octanol–water partition coefficient (Wildman–Crippen LogP) is 2.95. The van der Waals surface area contributed by atoms with Crippen molar-refractivity contribution < 1.29 is 9.84 Å². The number of ether oxygens (including phenoxy) is 1. The zero-order valence-electron chi connectivity index (χ0n) is 9.68. The van der Waals surface area contributed by atoms with Gasteiger partial charge in [-0.3, -0.25) is 4.68 Å². The molecule has 6 heteroatoms. The van der Waals surface area contributed by atoms with Crippen molar-refractivity contribution in [1.29, 1.82) is 0 Å². The molecule has 0 aliphatic carbocycles. The van der Waals surface area contributed by atoms with E-state index in [-0.39, 0.29) is 6.61 Å². The number of benzene rings is 1. The Morgan fingerprint density at radius 2 is 2.11 bits per heavy atom. The minimum atomic E-state index is -0.748. The van der Waals surface area contributed by atoms with Gasteiger partial charge < -0.3 is 9.84 Å². The fourth-order valence-electron chi connectivity index (χ4n) is 1.58. The third-order valence-electron chi connectivity index (χ3n) is 2.47. The Kier molecular flexibility index (Phi) is 4.27. The Morgan fingerprint density at radius 3 is 2.67 bits per heavy atom. The van der Waals surface area contributed by atoms with E-state index in [2.05, 4.69) is 21.0 Å². The van der Waals surface area contributed by atoms with Gasteiger partial charge in [-0.25, -0.2) is 0 Å². The first-order valence-corrected chi connectivity index (χ1v) is 6.49. The standard InChI is InChI=1S/C12H12BrClN2O2/c1-16-12(10(13)6-15-16)11(17)7-18-9-4-2-8(14)3-5-9/h2-6,11,17H,7H2,1H3. The molecule has 0 radical (unpaired) electrons. The van der Waals surface area contributed by atoms with E-state index < -0.39 is 6.10 Å². The second-order valence-electron chi connectivity index (χ2n) is 3.78. The van der Waals surface area contributed by atoms with Gasteiger partial charge in [-0.1, -0.05) is 11.6 Å². The van der Waals surface area contributed by atoms with Crippen LogP contribution >= 0.6 is 27.5 Å². The first-order chi connectivity index (χ1) is 8.58. The molecule has 1 heterocycles. The Balaban J connectivity index is 2.00. The lowest BCUT2D eigenvalue weighted by atomic mass is 10.2. The molecule has 0 spiro atoms. The van der Waals surface area contributed by atoms with Crippen LogP contribution in [0.5, 0.6) is 5.75 Å². The summed E-state index contributed by atoms with van der Waals surface area (Å²) in [6.07, 6.45) is 0.892. The molecular formula is C12H12BrClN2O2. The van der Waals surface area contributed by atoms with Gasteiger partial charge >= 0.3 is 0 Å². The second-order valence-corrected chi connectivity index (χ2v) is 5.07. The topological polar surface area (TPSA) is 47.3 Å². The summed E-state index contributed by atoms with van der Waals surface area (Å²) < 4.78 is 7.86. The van der Waals surface area contributed by atoms with Crippen molar-refractivity contribution in [1.82, 2.24) is 9.78 Å². The fraction of sp³-hybridized carbons (Fsp3) is 0.250. The predicted molar refractivity (Wildman–Crippen MR) is 72.8 cm³/mol. The summed E-state index contributed by atoms with van der Waals surface area (Å²) in [5.74, 6) is 0.664. The summed E-state index contributed by atoms with van der Waals surface area (Å²) in [6, 6.07) is 6.99. The molecule has 1 aromatic carbocycles. The number of aliphatic hydroxyl groups excluding tert-OH is 1. The van der Waals surface area contributed by atoms with E-state index in [9.17, 15) is 5.11 Å². The molecule has 0 saturated carbocycles. The fourth-order valence-corrected chi connectivity index (χ4v) is 2.32. The minimum absolute atomic E-state index is 0.153. The van der Waals surface area contributed by atoms with Gasteiger partial charge in [0, 0.05) is 12.1 Å². The van der Waals surface area contributed by atoms with Crippen molar-refractivity contribution in [3.8, 4) is 5.75 Å². The van der Waals surface area contributed by atoms with Crippen LogP contribution in [0.3, 0.4) is 0 Å². The van der Waals surface area contributed by atoms with Gasteiger partial charge in [0.05, 0.1) is 16.4 Å². The first kappa shape index (κ1) is 13.4. The maximum absolute atomic E-state index is 10.0. The second kappa shape index (κ2) is 5.73. The molecule has 1 aromatic heterocycles. The molecule has 2 rings (SSSR count). The van der Waals surface area contributed by atoms with E-state index in [1.807, 2.05) is 0 Å².